The second-order valence-electron chi connectivity index (χ2n) is 4.19. The summed E-state index contributed by atoms with van der Waals surface area (Å²) in [6.07, 6.45) is 1.48. The molecule has 0 atom stereocenters. The normalized spacial score (nSPS) is 10.7. The van der Waals surface area contributed by atoms with E-state index < -0.39 is 0 Å². The summed E-state index contributed by atoms with van der Waals surface area (Å²) in [5.41, 5.74) is 5.28. The zero-order valence-electron chi connectivity index (χ0n) is 12.2. The molecule has 0 bridgehead atoms. The molecule has 2 N–H and O–H groups in total. The van der Waals surface area contributed by atoms with Gasteiger partial charge in [0.05, 0.1) is 39.6 Å². The summed E-state index contributed by atoms with van der Waals surface area (Å²) in [5, 5.41) is 0. The fourth-order valence-electron chi connectivity index (χ4n) is 1.36. The maximum Gasteiger partial charge on any atom is 0.222 e. The van der Waals surface area contributed by atoms with Crippen LogP contribution in [0.3, 0.4) is 0 Å². The van der Waals surface area contributed by atoms with Gasteiger partial charge in [-0.3, -0.25) is 4.79 Å². The van der Waals surface area contributed by atoms with Crippen LogP contribution >= 0.6 is 0 Å². The highest BCUT2D eigenvalue weighted by Crippen LogP contribution is 1.94. The molecule has 19 heavy (non-hydrogen) atoms. The van der Waals surface area contributed by atoms with Crippen LogP contribution in [0.15, 0.2) is 0 Å². The van der Waals surface area contributed by atoms with Gasteiger partial charge in [-0.25, -0.2) is 0 Å². The lowest BCUT2D eigenvalue weighted by Crippen LogP contribution is -2.30. The Labute approximate surface area is 116 Å². The van der Waals surface area contributed by atoms with Crippen molar-refractivity contribution in [2.75, 3.05) is 59.8 Å². The number of hydrogen-bond acceptors (Lipinski definition) is 5. The highest BCUT2D eigenvalue weighted by Gasteiger charge is 2.06. The molecule has 0 aliphatic rings. The molecule has 114 valence electrons. The molecule has 0 saturated carbocycles. The fourth-order valence-corrected chi connectivity index (χ4v) is 1.36. The molecule has 0 unspecified atom stereocenters. The molecule has 0 radical (unpaired) electrons. The molecule has 1 amide bonds. The number of nitrogens with zero attached hydrogens (tertiary/aromatic N) is 1. The van der Waals surface area contributed by atoms with Gasteiger partial charge in [-0.15, -0.1) is 0 Å². The van der Waals surface area contributed by atoms with E-state index in [9.17, 15) is 4.79 Å². The molecule has 0 fully saturated rings. The Hall–Kier alpha value is -0.690. The Morgan fingerprint density at radius 1 is 1.00 bits per heavy atom. The van der Waals surface area contributed by atoms with Gasteiger partial charge in [0.1, 0.15) is 0 Å². The van der Waals surface area contributed by atoms with Crippen molar-refractivity contribution in [2.24, 2.45) is 5.73 Å². The lowest BCUT2D eigenvalue weighted by molar-refractivity contribution is -0.130. The number of hydrogen-bond donors (Lipinski definition) is 1. The van der Waals surface area contributed by atoms with Crippen molar-refractivity contribution < 1.29 is 19.0 Å². The van der Waals surface area contributed by atoms with Crippen LogP contribution in [0.4, 0.5) is 0 Å². The Balaban J connectivity index is 3.20. The minimum absolute atomic E-state index is 0.166. The number of carbonyl (C=O) groups excluding carboxylic acids is 1. The number of amides is 1. The highest BCUT2D eigenvalue weighted by atomic mass is 16.5. The smallest absolute Gasteiger partial charge is 0.222 e. The van der Waals surface area contributed by atoms with E-state index in [-0.39, 0.29) is 5.91 Å². The Morgan fingerprint density at radius 2 is 1.53 bits per heavy atom. The number of nitrogens with two attached hydrogens (primary N) is 1. The third kappa shape index (κ3) is 12.1. The summed E-state index contributed by atoms with van der Waals surface area (Å²) in [6, 6.07) is 0. The van der Waals surface area contributed by atoms with Crippen molar-refractivity contribution in [1.82, 2.24) is 4.90 Å². The average molecular weight is 276 g/mol. The molecule has 0 heterocycles. The minimum atomic E-state index is 0.166. The molecule has 0 aliphatic carbocycles. The van der Waals surface area contributed by atoms with Gasteiger partial charge in [0.25, 0.3) is 0 Å². The lowest BCUT2D eigenvalue weighted by atomic mass is 10.3. The van der Waals surface area contributed by atoms with Gasteiger partial charge in [-0.2, -0.15) is 0 Å². The fraction of sp³-hybridized carbons (Fsp3) is 0.923. The summed E-state index contributed by atoms with van der Waals surface area (Å²) >= 11 is 0. The Kier molecular flexibility index (Phi) is 13.2. The van der Waals surface area contributed by atoms with Crippen LogP contribution in [-0.4, -0.2) is 70.6 Å². The maximum absolute atomic E-state index is 11.5. The molecular weight excluding hydrogens is 248 g/mol. The summed E-state index contributed by atoms with van der Waals surface area (Å²) in [4.78, 5) is 13.2. The zero-order chi connectivity index (χ0) is 14.3. The molecule has 0 aromatic carbocycles. The largest absolute Gasteiger partial charge is 0.378 e. The number of ether oxygens (including phenoxy) is 3. The van der Waals surface area contributed by atoms with E-state index in [0.717, 1.165) is 6.42 Å². The van der Waals surface area contributed by atoms with Crippen LogP contribution in [0.25, 0.3) is 0 Å². The van der Waals surface area contributed by atoms with Crippen LogP contribution in [0.5, 0.6) is 0 Å². The second-order valence-corrected chi connectivity index (χ2v) is 4.19. The van der Waals surface area contributed by atoms with Crippen molar-refractivity contribution >= 4 is 5.91 Å². The van der Waals surface area contributed by atoms with Gasteiger partial charge >= 0.3 is 0 Å². The van der Waals surface area contributed by atoms with Crippen LogP contribution in [0.1, 0.15) is 19.8 Å². The maximum atomic E-state index is 11.5. The first-order chi connectivity index (χ1) is 9.22. The SMILES string of the molecule is CCCC(=O)N(C)CCOCCOCCOCCN. The monoisotopic (exact) mass is 276 g/mol. The molecule has 6 nitrogen and oxygen atoms in total. The molecular formula is C13H28N2O4. The van der Waals surface area contributed by atoms with Crippen molar-refractivity contribution in [1.29, 1.82) is 0 Å². The zero-order valence-corrected chi connectivity index (χ0v) is 12.2. The van der Waals surface area contributed by atoms with E-state index in [4.69, 9.17) is 19.9 Å². The predicted molar refractivity (Wildman–Crippen MR) is 74.1 cm³/mol. The topological polar surface area (TPSA) is 74.0 Å². The standard InChI is InChI=1S/C13H28N2O4/c1-3-4-13(16)15(2)6-8-18-10-12-19-11-9-17-7-5-14/h3-12,14H2,1-2H3. The van der Waals surface area contributed by atoms with Gasteiger partial charge < -0.3 is 24.8 Å². The van der Waals surface area contributed by atoms with Crippen molar-refractivity contribution in [3.63, 3.8) is 0 Å². The summed E-state index contributed by atoms with van der Waals surface area (Å²) in [6.45, 7) is 6.45. The summed E-state index contributed by atoms with van der Waals surface area (Å²) in [7, 11) is 1.80. The number of rotatable bonds is 13. The van der Waals surface area contributed by atoms with E-state index >= 15 is 0 Å². The first kappa shape index (κ1) is 18.3. The first-order valence-corrected chi connectivity index (χ1v) is 6.89. The van der Waals surface area contributed by atoms with Crippen molar-refractivity contribution in [2.45, 2.75) is 19.8 Å². The van der Waals surface area contributed by atoms with Crippen molar-refractivity contribution in [3.05, 3.63) is 0 Å². The van der Waals surface area contributed by atoms with Gasteiger partial charge in [0.2, 0.25) is 5.91 Å². The molecule has 0 aromatic heterocycles. The highest BCUT2D eigenvalue weighted by molar-refractivity contribution is 5.75. The Morgan fingerprint density at radius 3 is 2.05 bits per heavy atom. The van der Waals surface area contributed by atoms with Crippen LogP contribution in [0.2, 0.25) is 0 Å². The molecule has 0 saturated heterocycles. The van der Waals surface area contributed by atoms with E-state index in [1.165, 1.54) is 0 Å². The molecule has 0 spiro atoms. The third-order valence-electron chi connectivity index (χ3n) is 2.47. The number of carbonyl (C=O) groups is 1. The first-order valence-electron chi connectivity index (χ1n) is 6.89. The van der Waals surface area contributed by atoms with Crippen LogP contribution in [0, 0.1) is 0 Å². The summed E-state index contributed by atoms with van der Waals surface area (Å²) < 4.78 is 15.8. The van der Waals surface area contributed by atoms with E-state index in [0.29, 0.717) is 59.2 Å². The molecule has 6 heteroatoms. The number of likely N-dealkylation sites (N-methyl/N-ethyl adjacent to an activating group) is 1. The predicted octanol–water partition coefficient (Wildman–Crippen LogP) is 0.253. The van der Waals surface area contributed by atoms with E-state index in [2.05, 4.69) is 0 Å². The van der Waals surface area contributed by atoms with Crippen LogP contribution < -0.4 is 5.73 Å². The van der Waals surface area contributed by atoms with Gasteiger partial charge in [0, 0.05) is 26.6 Å². The summed E-state index contributed by atoms with van der Waals surface area (Å²) in [5.74, 6) is 0.166. The quantitative estimate of drug-likeness (QED) is 0.488. The van der Waals surface area contributed by atoms with Gasteiger partial charge in [-0.1, -0.05) is 6.92 Å². The lowest BCUT2D eigenvalue weighted by Gasteiger charge is -2.16. The van der Waals surface area contributed by atoms with Crippen LogP contribution in [-0.2, 0) is 19.0 Å². The van der Waals surface area contributed by atoms with Crippen molar-refractivity contribution in [3.8, 4) is 0 Å². The van der Waals surface area contributed by atoms with E-state index in [1.807, 2.05) is 6.92 Å². The molecule has 0 rings (SSSR count). The molecule has 0 aliphatic heterocycles. The second kappa shape index (κ2) is 13.7. The average Bonchev–Trinajstić information content (AvgIpc) is 2.41. The molecule has 0 aromatic rings. The Bertz CT molecular complexity index is 215. The third-order valence-corrected chi connectivity index (χ3v) is 2.47. The van der Waals surface area contributed by atoms with Gasteiger partial charge in [-0.05, 0) is 6.42 Å². The van der Waals surface area contributed by atoms with E-state index in [1.54, 1.807) is 11.9 Å². The van der Waals surface area contributed by atoms with Gasteiger partial charge in [0.15, 0.2) is 0 Å². The minimum Gasteiger partial charge on any atom is -0.378 e.